The van der Waals surface area contributed by atoms with Gasteiger partial charge in [-0.3, -0.25) is 15.1 Å². The minimum Gasteiger partial charge on any atom is -0.342 e. The highest BCUT2D eigenvalue weighted by Gasteiger charge is 2.45. The first-order valence-corrected chi connectivity index (χ1v) is 8.76. The third-order valence-electron chi connectivity index (χ3n) is 4.97. The molecule has 2 fully saturated rings. The van der Waals surface area contributed by atoms with Gasteiger partial charge in [0.15, 0.2) is 5.96 Å². The predicted molar refractivity (Wildman–Crippen MR) is 89.9 cm³/mol. The van der Waals surface area contributed by atoms with E-state index in [1.165, 1.54) is 25.8 Å². The highest BCUT2D eigenvalue weighted by molar-refractivity contribution is 6.07. The smallest absolute Gasteiger partial charge is 0.254 e. The Morgan fingerprint density at radius 1 is 1.36 bits per heavy atom. The average molecular weight is 308 g/mol. The van der Waals surface area contributed by atoms with Crippen molar-refractivity contribution in [2.45, 2.75) is 71.4 Å². The molecular formula is C17H32N4O. The molecule has 2 aliphatic rings. The average Bonchev–Trinajstić information content (AvgIpc) is 2.63. The summed E-state index contributed by atoms with van der Waals surface area (Å²) in [6.45, 7) is 11.3. The third kappa shape index (κ3) is 3.80. The van der Waals surface area contributed by atoms with E-state index in [-0.39, 0.29) is 11.9 Å². The van der Waals surface area contributed by atoms with Gasteiger partial charge in [-0.15, -0.1) is 0 Å². The molecule has 5 nitrogen and oxygen atoms in total. The lowest BCUT2D eigenvalue weighted by molar-refractivity contribution is -0.131. The van der Waals surface area contributed by atoms with E-state index in [0.717, 1.165) is 19.4 Å². The Morgan fingerprint density at radius 3 is 2.73 bits per heavy atom. The molecule has 0 spiro atoms. The molecule has 126 valence electrons. The molecule has 0 radical (unpaired) electrons. The maximum absolute atomic E-state index is 12.6. The van der Waals surface area contributed by atoms with E-state index in [4.69, 9.17) is 5.41 Å². The van der Waals surface area contributed by atoms with E-state index < -0.39 is 5.54 Å². The maximum atomic E-state index is 12.6. The van der Waals surface area contributed by atoms with E-state index in [1.54, 1.807) is 4.90 Å². The molecule has 2 heterocycles. The van der Waals surface area contributed by atoms with E-state index in [9.17, 15) is 4.79 Å². The van der Waals surface area contributed by atoms with Crippen LogP contribution in [0, 0.1) is 11.3 Å². The number of carbonyl (C=O) groups excluding carboxylic acids is 1. The first-order chi connectivity index (χ1) is 10.3. The van der Waals surface area contributed by atoms with Crippen molar-refractivity contribution in [1.82, 2.24) is 15.1 Å². The SMILES string of the molecule is CC(C)CC1(C)NC(=N)N(CCCN2CCCCC2C)C1=O. The normalized spacial score (nSPS) is 30.2. The molecule has 0 aliphatic carbocycles. The Kier molecular flexibility index (Phi) is 5.48. The minimum atomic E-state index is -0.594. The summed E-state index contributed by atoms with van der Waals surface area (Å²) in [5.41, 5.74) is -0.594. The summed E-state index contributed by atoms with van der Waals surface area (Å²) in [6, 6.07) is 0.659. The molecule has 0 aromatic heterocycles. The second-order valence-corrected chi connectivity index (χ2v) is 7.59. The Balaban J connectivity index is 1.85. The van der Waals surface area contributed by atoms with Gasteiger partial charge in [-0.05, 0) is 52.0 Å². The molecular weight excluding hydrogens is 276 g/mol. The fraction of sp³-hybridized carbons (Fsp3) is 0.882. The van der Waals surface area contributed by atoms with Crippen molar-refractivity contribution >= 4 is 11.9 Å². The highest BCUT2D eigenvalue weighted by atomic mass is 16.2. The Morgan fingerprint density at radius 2 is 2.09 bits per heavy atom. The number of nitrogens with one attached hydrogen (secondary N) is 2. The number of likely N-dealkylation sites (tertiary alicyclic amines) is 1. The van der Waals surface area contributed by atoms with Gasteiger partial charge in [0.1, 0.15) is 5.54 Å². The van der Waals surface area contributed by atoms with E-state index in [1.807, 2.05) is 6.92 Å². The van der Waals surface area contributed by atoms with Crippen LogP contribution in [0.15, 0.2) is 0 Å². The molecule has 0 bridgehead atoms. The number of nitrogens with zero attached hydrogens (tertiary/aromatic N) is 2. The number of rotatable bonds is 6. The summed E-state index contributed by atoms with van der Waals surface area (Å²) in [4.78, 5) is 16.8. The highest BCUT2D eigenvalue weighted by Crippen LogP contribution is 2.25. The molecule has 2 rings (SSSR count). The standard InChI is InChI=1S/C17H32N4O/c1-13(2)12-17(4)15(22)21(16(18)19-17)11-7-10-20-9-6-5-8-14(20)3/h13-14H,5-12H2,1-4H3,(H2,18,19). The number of amides is 1. The predicted octanol–water partition coefficient (Wildman–Crippen LogP) is 2.42. The molecule has 0 saturated carbocycles. The van der Waals surface area contributed by atoms with Gasteiger partial charge >= 0.3 is 0 Å². The number of hydrogen-bond donors (Lipinski definition) is 2. The van der Waals surface area contributed by atoms with Crippen molar-refractivity contribution in [1.29, 1.82) is 5.41 Å². The fourth-order valence-electron chi connectivity index (χ4n) is 3.87. The second kappa shape index (κ2) is 6.99. The van der Waals surface area contributed by atoms with Crippen LogP contribution < -0.4 is 5.32 Å². The minimum absolute atomic E-state index is 0.0675. The van der Waals surface area contributed by atoms with Crippen molar-refractivity contribution in [2.24, 2.45) is 5.92 Å². The summed E-state index contributed by atoms with van der Waals surface area (Å²) >= 11 is 0. The lowest BCUT2D eigenvalue weighted by atomic mass is 9.91. The third-order valence-corrected chi connectivity index (χ3v) is 4.97. The summed E-state index contributed by atoms with van der Waals surface area (Å²) in [5, 5.41) is 11.2. The van der Waals surface area contributed by atoms with Crippen molar-refractivity contribution < 1.29 is 4.79 Å². The lowest BCUT2D eigenvalue weighted by Crippen LogP contribution is -2.45. The van der Waals surface area contributed by atoms with Crippen LogP contribution in [0.25, 0.3) is 0 Å². The molecule has 2 aliphatic heterocycles. The number of piperidine rings is 1. The number of hydrogen-bond acceptors (Lipinski definition) is 3. The van der Waals surface area contributed by atoms with E-state index in [0.29, 0.717) is 18.5 Å². The summed E-state index contributed by atoms with van der Waals surface area (Å²) in [5.74, 6) is 0.779. The van der Waals surface area contributed by atoms with Crippen LogP contribution in [0.2, 0.25) is 0 Å². The molecule has 1 amide bonds. The van der Waals surface area contributed by atoms with E-state index in [2.05, 4.69) is 31.0 Å². The summed E-state index contributed by atoms with van der Waals surface area (Å²) < 4.78 is 0. The quantitative estimate of drug-likeness (QED) is 0.792. The summed E-state index contributed by atoms with van der Waals surface area (Å²) in [7, 11) is 0. The van der Waals surface area contributed by atoms with Crippen molar-refractivity contribution in [3.63, 3.8) is 0 Å². The van der Waals surface area contributed by atoms with Gasteiger partial charge in [0.05, 0.1) is 0 Å². The van der Waals surface area contributed by atoms with Crippen LogP contribution in [-0.4, -0.2) is 52.9 Å². The Labute approximate surface area is 134 Å². The monoisotopic (exact) mass is 308 g/mol. The van der Waals surface area contributed by atoms with Crippen molar-refractivity contribution in [2.75, 3.05) is 19.6 Å². The molecule has 22 heavy (non-hydrogen) atoms. The van der Waals surface area contributed by atoms with Crippen molar-refractivity contribution in [3.05, 3.63) is 0 Å². The van der Waals surface area contributed by atoms with Gasteiger partial charge in [0.2, 0.25) is 0 Å². The zero-order chi connectivity index (χ0) is 16.3. The molecule has 0 aromatic rings. The van der Waals surface area contributed by atoms with Gasteiger partial charge in [-0.2, -0.15) is 0 Å². The zero-order valence-corrected chi connectivity index (χ0v) is 14.6. The fourth-order valence-corrected chi connectivity index (χ4v) is 3.87. The molecule has 2 unspecified atom stereocenters. The van der Waals surface area contributed by atoms with Crippen LogP contribution >= 0.6 is 0 Å². The second-order valence-electron chi connectivity index (χ2n) is 7.59. The Bertz CT molecular complexity index is 423. The number of guanidine groups is 1. The van der Waals surface area contributed by atoms with Crippen LogP contribution in [0.4, 0.5) is 0 Å². The van der Waals surface area contributed by atoms with Gasteiger partial charge in [-0.1, -0.05) is 20.3 Å². The topological polar surface area (TPSA) is 59.4 Å². The molecule has 2 saturated heterocycles. The van der Waals surface area contributed by atoms with Crippen LogP contribution in [-0.2, 0) is 4.79 Å². The lowest BCUT2D eigenvalue weighted by Gasteiger charge is -2.33. The number of carbonyl (C=O) groups is 1. The zero-order valence-electron chi connectivity index (χ0n) is 14.6. The van der Waals surface area contributed by atoms with Crippen LogP contribution in [0.1, 0.15) is 59.8 Å². The van der Waals surface area contributed by atoms with Gasteiger partial charge in [0, 0.05) is 19.1 Å². The van der Waals surface area contributed by atoms with Crippen molar-refractivity contribution in [3.8, 4) is 0 Å². The molecule has 0 aromatic carbocycles. The molecule has 2 N–H and O–H groups in total. The van der Waals surface area contributed by atoms with Crippen LogP contribution in [0.5, 0.6) is 0 Å². The Hall–Kier alpha value is -1.10. The maximum Gasteiger partial charge on any atom is 0.254 e. The largest absolute Gasteiger partial charge is 0.342 e. The molecule has 2 atom stereocenters. The summed E-state index contributed by atoms with van der Waals surface area (Å²) in [6.07, 6.45) is 5.62. The first-order valence-electron chi connectivity index (χ1n) is 8.76. The van der Waals surface area contributed by atoms with Gasteiger partial charge < -0.3 is 10.2 Å². The van der Waals surface area contributed by atoms with E-state index >= 15 is 0 Å². The van der Waals surface area contributed by atoms with Gasteiger partial charge in [-0.25, -0.2) is 0 Å². The molecule has 5 heteroatoms. The van der Waals surface area contributed by atoms with Crippen LogP contribution in [0.3, 0.4) is 0 Å². The van der Waals surface area contributed by atoms with Gasteiger partial charge in [0.25, 0.3) is 5.91 Å². The first kappa shape index (κ1) is 17.3.